The summed E-state index contributed by atoms with van der Waals surface area (Å²) in [5.41, 5.74) is 8.49. The van der Waals surface area contributed by atoms with Crippen molar-refractivity contribution in [3.05, 3.63) is 42.7 Å². The van der Waals surface area contributed by atoms with Gasteiger partial charge < -0.3 is 5.73 Å². The number of nitrogens with zero attached hydrogens (tertiary/aromatic N) is 5. The van der Waals surface area contributed by atoms with Crippen molar-refractivity contribution in [2.45, 2.75) is 0 Å². The summed E-state index contributed by atoms with van der Waals surface area (Å²) in [5.74, 6) is 0.632. The van der Waals surface area contributed by atoms with E-state index in [0.29, 0.717) is 5.82 Å². The summed E-state index contributed by atoms with van der Waals surface area (Å²) in [4.78, 5) is 1.57. The molecule has 0 fully saturated rings. The molecule has 0 unspecified atom stereocenters. The van der Waals surface area contributed by atoms with Crippen LogP contribution in [0.2, 0.25) is 0 Å². The van der Waals surface area contributed by atoms with Gasteiger partial charge in [-0.2, -0.15) is 20.1 Å². The number of benzene rings is 1. The van der Waals surface area contributed by atoms with E-state index in [1.54, 1.807) is 21.9 Å². The zero-order chi connectivity index (χ0) is 12.5. The Morgan fingerprint density at radius 2 is 1.89 bits per heavy atom. The maximum atomic E-state index is 5.78. The normalized spacial score (nSPS) is 10.7. The van der Waals surface area contributed by atoms with Crippen LogP contribution in [-0.2, 0) is 7.05 Å². The maximum Gasteiger partial charge on any atom is 0.121 e. The van der Waals surface area contributed by atoms with E-state index in [-0.39, 0.29) is 0 Å². The lowest BCUT2D eigenvalue weighted by Gasteiger charge is -2.01. The van der Waals surface area contributed by atoms with E-state index in [2.05, 4.69) is 15.3 Å². The number of nitrogen functional groups attached to an aromatic ring is 1. The predicted octanol–water partition coefficient (Wildman–Crippen LogP) is 1.25. The zero-order valence-electron chi connectivity index (χ0n) is 9.85. The summed E-state index contributed by atoms with van der Waals surface area (Å²) in [6.07, 6.45) is 3.29. The number of hydrogen-bond donors (Lipinski definition) is 1. The minimum absolute atomic E-state index is 0.632. The van der Waals surface area contributed by atoms with Crippen molar-refractivity contribution in [2.75, 3.05) is 5.73 Å². The summed E-state index contributed by atoms with van der Waals surface area (Å²) < 4.78 is 1.65. The van der Waals surface area contributed by atoms with Gasteiger partial charge >= 0.3 is 0 Å². The number of aromatic nitrogens is 5. The molecule has 0 aliphatic rings. The molecule has 0 bridgehead atoms. The monoisotopic (exact) mass is 240 g/mol. The highest BCUT2D eigenvalue weighted by Gasteiger charge is 2.06. The second-order valence-corrected chi connectivity index (χ2v) is 3.95. The highest BCUT2D eigenvalue weighted by atomic mass is 15.5. The second-order valence-electron chi connectivity index (χ2n) is 3.95. The second kappa shape index (κ2) is 3.99. The Balaban J connectivity index is 2.06. The Morgan fingerprint density at radius 3 is 2.56 bits per heavy atom. The lowest BCUT2D eigenvalue weighted by atomic mass is 10.1. The minimum Gasteiger partial charge on any atom is -0.384 e. The molecule has 0 atom stereocenters. The molecule has 0 spiro atoms. The van der Waals surface area contributed by atoms with E-state index in [1.807, 2.05) is 37.4 Å². The van der Waals surface area contributed by atoms with E-state index in [1.165, 1.54) is 0 Å². The van der Waals surface area contributed by atoms with Gasteiger partial charge in [0.1, 0.15) is 5.82 Å². The molecule has 3 aromatic rings. The molecule has 2 heterocycles. The fourth-order valence-corrected chi connectivity index (χ4v) is 1.76. The first-order chi connectivity index (χ1) is 8.74. The summed E-state index contributed by atoms with van der Waals surface area (Å²) in [5, 5.41) is 12.5. The third-order valence-electron chi connectivity index (χ3n) is 2.71. The van der Waals surface area contributed by atoms with Gasteiger partial charge in [-0.05, 0) is 12.1 Å². The van der Waals surface area contributed by atoms with Gasteiger partial charge in [0.05, 0.1) is 23.8 Å². The first-order valence-corrected chi connectivity index (χ1v) is 5.51. The van der Waals surface area contributed by atoms with Crippen LogP contribution in [0.3, 0.4) is 0 Å². The molecule has 0 saturated carbocycles. The van der Waals surface area contributed by atoms with Crippen molar-refractivity contribution < 1.29 is 0 Å². The molecule has 0 amide bonds. The molecule has 0 saturated heterocycles. The van der Waals surface area contributed by atoms with Crippen molar-refractivity contribution in [1.82, 2.24) is 24.8 Å². The van der Waals surface area contributed by atoms with Crippen LogP contribution in [-0.4, -0.2) is 24.8 Å². The topological polar surface area (TPSA) is 74.5 Å². The quantitative estimate of drug-likeness (QED) is 0.731. The lowest BCUT2D eigenvalue weighted by molar-refractivity contribution is 0.752. The number of rotatable bonds is 2. The number of aryl methyl sites for hydroxylation is 1. The third-order valence-corrected chi connectivity index (χ3v) is 2.71. The van der Waals surface area contributed by atoms with Crippen molar-refractivity contribution in [3.63, 3.8) is 0 Å². The molecule has 0 radical (unpaired) electrons. The van der Waals surface area contributed by atoms with Gasteiger partial charge in [-0.25, -0.2) is 0 Å². The summed E-state index contributed by atoms with van der Waals surface area (Å²) in [6, 6.07) is 9.68. The largest absolute Gasteiger partial charge is 0.384 e. The highest BCUT2D eigenvalue weighted by molar-refractivity contribution is 5.64. The summed E-state index contributed by atoms with van der Waals surface area (Å²) >= 11 is 0. The Kier molecular flexibility index (Phi) is 2.33. The van der Waals surface area contributed by atoms with Gasteiger partial charge in [0.25, 0.3) is 0 Å². The average Bonchev–Trinajstić information content (AvgIpc) is 3.01. The molecule has 2 aromatic heterocycles. The van der Waals surface area contributed by atoms with Crippen molar-refractivity contribution >= 4 is 5.82 Å². The van der Waals surface area contributed by atoms with Crippen LogP contribution in [0, 0.1) is 0 Å². The third kappa shape index (κ3) is 1.73. The molecule has 6 heteroatoms. The molecule has 0 aliphatic heterocycles. The Morgan fingerprint density at radius 1 is 1.11 bits per heavy atom. The Hall–Kier alpha value is -2.63. The van der Waals surface area contributed by atoms with Crippen LogP contribution in [0.15, 0.2) is 42.7 Å². The lowest BCUT2D eigenvalue weighted by Crippen LogP contribution is -1.98. The van der Waals surface area contributed by atoms with Crippen LogP contribution in [0.1, 0.15) is 0 Å². The van der Waals surface area contributed by atoms with E-state index < -0.39 is 0 Å². The minimum atomic E-state index is 0.632. The average molecular weight is 240 g/mol. The predicted molar refractivity (Wildman–Crippen MR) is 68.0 cm³/mol. The highest BCUT2D eigenvalue weighted by Crippen LogP contribution is 2.21. The van der Waals surface area contributed by atoms with Gasteiger partial charge in [-0.1, -0.05) is 12.1 Å². The summed E-state index contributed by atoms with van der Waals surface area (Å²) in [6.45, 7) is 0. The first-order valence-electron chi connectivity index (χ1n) is 5.51. The van der Waals surface area contributed by atoms with Crippen LogP contribution in [0.25, 0.3) is 16.9 Å². The van der Waals surface area contributed by atoms with Crippen LogP contribution in [0.4, 0.5) is 5.82 Å². The number of anilines is 1. The standard InChI is InChI=1S/C12H12N6/c1-17-12(13)8-11(16-17)9-3-2-4-10(7-9)18-14-5-6-15-18/h2-8H,13H2,1H3. The van der Waals surface area contributed by atoms with Gasteiger partial charge in [0.15, 0.2) is 0 Å². The molecule has 18 heavy (non-hydrogen) atoms. The molecule has 1 aromatic carbocycles. The van der Waals surface area contributed by atoms with Crippen LogP contribution < -0.4 is 5.73 Å². The first kappa shape index (κ1) is 10.5. The van der Waals surface area contributed by atoms with Crippen molar-refractivity contribution in [1.29, 1.82) is 0 Å². The van der Waals surface area contributed by atoms with Crippen LogP contribution >= 0.6 is 0 Å². The van der Waals surface area contributed by atoms with Gasteiger partial charge in [0.2, 0.25) is 0 Å². The molecular formula is C12H12N6. The van der Waals surface area contributed by atoms with Crippen LogP contribution in [0.5, 0.6) is 0 Å². The molecule has 0 aliphatic carbocycles. The van der Waals surface area contributed by atoms with E-state index in [4.69, 9.17) is 5.73 Å². The van der Waals surface area contributed by atoms with Crippen molar-refractivity contribution in [2.24, 2.45) is 7.05 Å². The molecular weight excluding hydrogens is 228 g/mol. The smallest absolute Gasteiger partial charge is 0.121 e. The molecule has 6 nitrogen and oxygen atoms in total. The SMILES string of the molecule is Cn1nc(-c2cccc(-n3nccn3)c2)cc1N. The van der Waals surface area contributed by atoms with Gasteiger partial charge in [-0.15, -0.1) is 0 Å². The van der Waals surface area contributed by atoms with E-state index in [0.717, 1.165) is 16.9 Å². The van der Waals surface area contributed by atoms with Crippen molar-refractivity contribution in [3.8, 4) is 16.9 Å². The number of hydrogen-bond acceptors (Lipinski definition) is 4. The van der Waals surface area contributed by atoms with Gasteiger partial charge in [0, 0.05) is 18.7 Å². The Bertz CT molecular complexity index is 648. The number of nitrogens with two attached hydrogens (primary N) is 1. The maximum absolute atomic E-state index is 5.78. The van der Waals surface area contributed by atoms with E-state index >= 15 is 0 Å². The fraction of sp³-hybridized carbons (Fsp3) is 0.0833. The summed E-state index contributed by atoms with van der Waals surface area (Å²) in [7, 11) is 1.82. The molecule has 2 N–H and O–H groups in total. The fourth-order valence-electron chi connectivity index (χ4n) is 1.76. The molecule has 90 valence electrons. The van der Waals surface area contributed by atoms with Gasteiger partial charge in [-0.3, -0.25) is 4.68 Å². The Labute approximate surface area is 104 Å². The zero-order valence-corrected chi connectivity index (χ0v) is 9.85. The molecule has 3 rings (SSSR count). The van der Waals surface area contributed by atoms with E-state index in [9.17, 15) is 0 Å².